The van der Waals surface area contributed by atoms with Crippen LogP contribution in [-0.4, -0.2) is 77.6 Å². The molecule has 0 heterocycles. The van der Waals surface area contributed by atoms with Crippen molar-refractivity contribution in [2.24, 2.45) is 0 Å². The molecule has 0 aromatic carbocycles. The molecule has 0 saturated carbocycles. The zero-order chi connectivity index (χ0) is 14.0. The maximum absolute atomic E-state index is 9.89. The van der Waals surface area contributed by atoms with Crippen LogP contribution in [0.4, 0.5) is 0 Å². The molecule has 0 aliphatic carbocycles. The number of hydrogen-bond acceptors (Lipinski definition) is 8. The van der Waals surface area contributed by atoms with Crippen LogP contribution in [0, 0.1) is 0 Å². The van der Waals surface area contributed by atoms with Crippen LogP contribution in [0.5, 0.6) is 0 Å². The molecule has 0 spiro atoms. The first-order chi connectivity index (χ1) is 9.41. The van der Waals surface area contributed by atoms with Gasteiger partial charge < -0.3 is 28.8 Å². The second kappa shape index (κ2) is 17.4. The zero-order valence-electron chi connectivity index (χ0n) is 11.0. The van der Waals surface area contributed by atoms with E-state index in [1.54, 1.807) is 0 Å². The Morgan fingerprint density at radius 3 is 2.00 bits per heavy atom. The summed E-state index contributed by atoms with van der Waals surface area (Å²) in [4.78, 5) is 14.8. The second-order valence-corrected chi connectivity index (χ2v) is 3.24. The van der Waals surface area contributed by atoms with Crippen LogP contribution in [0.25, 0.3) is 0 Å². The Balaban J connectivity index is 2.89. The Bertz CT molecular complexity index is 182. The van der Waals surface area contributed by atoms with Crippen LogP contribution < -0.4 is 5.48 Å². The number of aliphatic hydroxyl groups excluding tert-OH is 1. The number of rotatable bonds is 16. The van der Waals surface area contributed by atoms with Gasteiger partial charge in [-0.2, -0.15) is 5.48 Å². The normalized spacial score (nSPS) is 10.8. The first-order valence-electron chi connectivity index (χ1n) is 6.12. The summed E-state index contributed by atoms with van der Waals surface area (Å²) in [7, 11) is 0. The highest BCUT2D eigenvalue weighted by Gasteiger charge is 1.92. The van der Waals surface area contributed by atoms with Crippen molar-refractivity contribution in [3.05, 3.63) is 0 Å². The van der Waals surface area contributed by atoms with E-state index in [0.29, 0.717) is 52.5 Å². The molecule has 0 aliphatic rings. The number of carbonyl (C=O) groups is 1. The van der Waals surface area contributed by atoms with Gasteiger partial charge in [0.15, 0.2) is 0 Å². The number of aliphatic hydroxyl groups is 1. The van der Waals surface area contributed by atoms with Crippen molar-refractivity contribution in [3.8, 4) is 0 Å². The topological polar surface area (TPSA) is 95.5 Å². The Hall–Kier alpha value is -0.610. The number of hydrogen-bond donors (Lipinski definition) is 2. The third-order valence-electron chi connectivity index (χ3n) is 1.76. The molecule has 0 fully saturated rings. The standard InChI is InChI=1S/C11H23NO7/c13-1-3-15-5-6-16-7-8-17-9-10-19-12-11-18-4-2-14/h2,12-13H,1,3-11H2. The highest BCUT2D eigenvalue weighted by atomic mass is 16.7. The van der Waals surface area contributed by atoms with E-state index in [1.807, 2.05) is 0 Å². The van der Waals surface area contributed by atoms with Crippen molar-refractivity contribution in [1.29, 1.82) is 0 Å². The molecule has 0 saturated heterocycles. The van der Waals surface area contributed by atoms with E-state index in [-0.39, 0.29) is 19.9 Å². The maximum atomic E-state index is 9.89. The molecule has 0 unspecified atom stereocenters. The number of aldehydes is 1. The molecule has 0 aromatic rings. The summed E-state index contributed by atoms with van der Waals surface area (Å²) in [5.74, 6) is 0. The lowest BCUT2D eigenvalue weighted by molar-refractivity contribution is -0.114. The van der Waals surface area contributed by atoms with Gasteiger partial charge in [-0.05, 0) is 0 Å². The van der Waals surface area contributed by atoms with Crippen molar-refractivity contribution >= 4 is 6.29 Å². The highest BCUT2D eigenvalue weighted by Crippen LogP contribution is 1.81. The lowest BCUT2D eigenvalue weighted by Crippen LogP contribution is -2.22. The van der Waals surface area contributed by atoms with E-state index in [2.05, 4.69) is 5.48 Å². The molecule has 0 radical (unpaired) electrons. The van der Waals surface area contributed by atoms with Gasteiger partial charge in [0.1, 0.15) is 19.6 Å². The van der Waals surface area contributed by atoms with Gasteiger partial charge in [-0.3, -0.25) is 4.84 Å². The van der Waals surface area contributed by atoms with Crippen LogP contribution >= 0.6 is 0 Å². The molecule has 0 aliphatic heterocycles. The molecule has 0 amide bonds. The Kier molecular flexibility index (Phi) is 16.8. The molecular weight excluding hydrogens is 258 g/mol. The number of nitrogens with one attached hydrogen (secondary N) is 1. The van der Waals surface area contributed by atoms with Crippen LogP contribution in [0.2, 0.25) is 0 Å². The summed E-state index contributed by atoms with van der Waals surface area (Å²) in [5, 5.41) is 8.44. The lowest BCUT2D eigenvalue weighted by atomic mass is 10.7. The predicted molar refractivity (Wildman–Crippen MR) is 65.5 cm³/mol. The van der Waals surface area contributed by atoms with E-state index in [4.69, 9.17) is 28.9 Å². The van der Waals surface area contributed by atoms with E-state index in [9.17, 15) is 4.79 Å². The molecule has 8 nitrogen and oxygen atoms in total. The van der Waals surface area contributed by atoms with Gasteiger partial charge >= 0.3 is 0 Å². The fourth-order valence-corrected chi connectivity index (χ4v) is 0.970. The van der Waals surface area contributed by atoms with Crippen molar-refractivity contribution in [2.75, 3.05) is 66.2 Å². The first kappa shape index (κ1) is 18.4. The van der Waals surface area contributed by atoms with E-state index in [1.165, 1.54) is 0 Å². The smallest absolute Gasteiger partial charge is 0.145 e. The van der Waals surface area contributed by atoms with Crippen LogP contribution in [0.3, 0.4) is 0 Å². The fraction of sp³-hybridized carbons (Fsp3) is 0.909. The molecule has 0 rings (SSSR count). The van der Waals surface area contributed by atoms with Crippen LogP contribution in [0.1, 0.15) is 0 Å². The Morgan fingerprint density at radius 2 is 1.42 bits per heavy atom. The summed E-state index contributed by atoms with van der Waals surface area (Å²) >= 11 is 0. The Morgan fingerprint density at radius 1 is 0.842 bits per heavy atom. The quantitative estimate of drug-likeness (QED) is 0.156. The van der Waals surface area contributed by atoms with E-state index >= 15 is 0 Å². The summed E-state index contributed by atoms with van der Waals surface area (Å²) in [6.45, 7) is 3.29. The van der Waals surface area contributed by atoms with Gasteiger partial charge in [0, 0.05) is 0 Å². The van der Waals surface area contributed by atoms with Gasteiger partial charge in [-0.15, -0.1) is 0 Å². The lowest BCUT2D eigenvalue weighted by Gasteiger charge is -2.07. The third kappa shape index (κ3) is 17.4. The van der Waals surface area contributed by atoms with Crippen molar-refractivity contribution in [3.63, 3.8) is 0 Å². The summed E-state index contributed by atoms with van der Waals surface area (Å²) in [6, 6.07) is 0. The molecule has 0 bridgehead atoms. The summed E-state index contributed by atoms with van der Waals surface area (Å²) in [6.07, 6.45) is 0.666. The molecule has 8 heteroatoms. The molecular formula is C11H23NO7. The largest absolute Gasteiger partial charge is 0.394 e. The number of hydroxylamine groups is 1. The molecule has 0 aromatic heterocycles. The summed E-state index contributed by atoms with van der Waals surface area (Å²) in [5.41, 5.74) is 2.52. The van der Waals surface area contributed by atoms with Crippen molar-refractivity contribution in [1.82, 2.24) is 5.48 Å². The number of carbonyl (C=O) groups excluding carboxylic acids is 1. The zero-order valence-corrected chi connectivity index (χ0v) is 11.0. The average molecular weight is 281 g/mol. The minimum absolute atomic E-state index is 0.0251. The van der Waals surface area contributed by atoms with Gasteiger partial charge in [0.25, 0.3) is 0 Å². The van der Waals surface area contributed by atoms with Gasteiger partial charge in [-0.25, -0.2) is 0 Å². The fourth-order valence-electron chi connectivity index (χ4n) is 0.970. The maximum Gasteiger partial charge on any atom is 0.145 e. The van der Waals surface area contributed by atoms with Crippen LogP contribution in [0.15, 0.2) is 0 Å². The second-order valence-electron chi connectivity index (χ2n) is 3.24. The van der Waals surface area contributed by atoms with Gasteiger partial charge in [0.2, 0.25) is 0 Å². The Labute approximate surface area is 112 Å². The van der Waals surface area contributed by atoms with Crippen molar-refractivity contribution in [2.45, 2.75) is 0 Å². The predicted octanol–water partition coefficient (Wildman–Crippen LogP) is -1.28. The monoisotopic (exact) mass is 281 g/mol. The van der Waals surface area contributed by atoms with E-state index < -0.39 is 0 Å². The minimum atomic E-state index is 0.0251. The van der Waals surface area contributed by atoms with E-state index in [0.717, 1.165) is 0 Å². The highest BCUT2D eigenvalue weighted by molar-refractivity contribution is 5.50. The third-order valence-corrected chi connectivity index (χ3v) is 1.76. The molecule has 0 atom stereocenters. The minimum Gasteiger partial charge on any atom is -0.394 e. The molecule has 2 N–H and O–H groups in total. The first-order valence-corrected chi connectivity index (χ1v) is 6.12. The molecule has 19 heavy (non-hydrogen) atoms. The van der Waals surface area contributed by atoms with Gasteiger partial charge in [0.05, 0.1) is 52.9 Å². The number of ether oxygens (including phenoxy) is 4. The average Bonchev–Trinajstić information content (AvgIpc) is 2.43. The SMILES string of the molecule is O=CCOCNOCCOCCOCCOCCO. The van der Waals surface area contributed by atoms with Crippen molar-refractivity contribution < 1.29 is 33.7 Å². The van der Waals surface area contributed by atoms with Gasteiger partial charge in [-0.1, -0.05) is 0 Å². The summed E-state index contributed by atoms with van der Waals surface area (Å²) < 4.78 is 20.2. The molecule has 114 valence electrons. The van der Waals surface area contributed by atoms with Crippen LogP contribution in [-0.2, 0) is 28.6 Å².